The molecule has 230 valence electrons. The predicted octanol–water partition coefficient (Wildman–Crippen LogP) is 2.17. The quantitative estimate of drug-likeness (QED) is 0.315. The smallest absolute Gasteiger partial charge is 0.274 e. The lowest BCUT2D eigenvalue weighted by molar-refractivity contribution is -0.130. The molecule has 0 aromatic carbocycles. The molecule has 4 N–H and O–H groups in total. The van der Waals surface area contributed by atoms with Crippen LogP contribution >= 0.6 is 0 Å². The molecule has 2 bridgehead atoms. The van der Waals surface area contributed by atoms with Crippen molar-refractivity contribution in [3.05, 3.63) is 47.8 Å². The molecule has 43 heavy (non-hydrogen) atoms. The van der Waals surface area contributed by atoms with Crippen molar-refractivity contribution in [2.75, 3.05) is 6.54 Å². The first-order valence-corrected chi connectivity index (χ1v) is 14.5. The molecule has 1 aliphatic heterocycles. The number of aryl methyl sites for hydroxylation is 2. The minimum absolute atomic E-state index is 0.0419. The molecule has 14 heteroatoms. The van der Waals surface area contributed by atoms with E-state index in [-0.39, 0.29) is 41.5 Å². The molecule has 0 unspecified atom stereocenters. The fourth-order valence-electron chi connectivity index (χ4n) is 4.60. The van der Waals surface area contributed by atoms with E-state index in [0.717, 1.165) is 5.56 Å². The first-order valence-electron chi connectivity index (χ1n) is 14.5. The summed E-state index contributed by atoms with van der Waals surface area (Å²) in [7, 11) is 0. The highest BCUT2D eigenvalue weighted by molar-refractivity contribution is 5.96. The summed E-state index contributed by atoms with van der Waals surface area (Å²) in [5.74, 6) is -0.438. The van der Waals surface area contributed by atoms with Gasteiger partial charge in [0.15, 0.2) is 5.69 Å². The first-order chi connectivity index (χ1) is 20.6. The van der Waals surface area contributed by atoms with E-state index >= 15 is 0 Å². The van der Waals surface area contributed by atoms with Crippen LogP contribution in [0.15, 0.2) is 33.5 Å². The lowest BCUT2D eigenvalue weighted by atomic mass is 10.0. The summed E-state index contributed by atoms with van der Waals surface area (Å²) in [6.07, 6.45) is 5.77. The summed E-state index contributed by atoms with van der Waals surface area (Å²) in [5.41, 5.74) is 0.773. The van der Waals surface area contributed by atoms with Crippen LogP contribution in [0.25, 0.3) is 11.4 Å². The Morgan fingerprint density at radius 3 is 2.70 bits per heavy atom. The minimum atomic E-state index is -0.823. The van der Waals surface area contributed by atoms with Crippen LogP contribution in [-0.2, 0) is 20.8 Å². The van der Waals surface area contributed by atoms with Gasteiger partial charge in [-0.05, 0) is 57.6 Å². The molecule has 4 heterocycles. The Morgan fingerprint density at radius 1 is 1.14 bits per heavy atom. The van der Waals surface area contributed by atoms with Gasteiger partial charge in [0.2, 0.25) is 35.3 Å². The van der Waals surface area contributed by atoms with E-state index < -0.39 is 29.9 Å². The van der Waals surface area contributed by atoms with Crippen molar-refractivity contribution in [1.29, 1.82) is 0 Å². The number of hydrogen-bond acceptors (Lipinski definition) is 10. The minimum Gasteiger partial charge on any atom is -0.443 e. The third-order valence-electron chi connectivity index (χ3n) is 7.05. The number of aromatic nitrogens is 4. The number of fused-ring (bicyclic) bond motifs is 2. The van der Waals surface area contributed by atoms with Gasteiger partial charge >= 0.3 is 0 Å². The van der Waals surface area contributed by atoms with Gasteiger partial charge in [-0.2, -0.15) is 4.98 Å². The molecule has 0 radical (unpaired) electrons. The molecule has 0 saturated heterocycles. The van der Waals surface area contributed by atoms with E-state index in [0.29, 0.717) is 50.4 Å². The largest absolute Gasteiger partial charge is 0.443 e. The normalized spacial score (nSPS) is 20.3. The Labute approximate surface area is 249 Å². The molecule has 4 amide bonds. The molecule has 0 fully saturated rings. The summed E-state index contributed by atoms with van der Waals surface area (Å²) in [5, 5.41) is 15.2. The standard InChI is InChI=1S/C29H38N8O6/c1-16(2)23-29-36-24(18(4)42-29)28(41)32-17(3)26(39)31-14-6-5-10-20(27(40)35-23)33-21(38)11-7-12-22-34-25(37-43-22)19-9-8-13-30-15-19/h8-9,13,15-17,20,23H,5-7,10-12,14H2,1-4H3,(H,31,39)(H,32,41)(H,33,38)(H,35,40)/t17-,20+,23+/m1/s1. The van der Waals surface area contributed by atoms with Crippen molar-refractivity contribution in [2.24, 2.45) is 5.92 Å². The van der Waals surface area contributed by atoms with Crippen molar-refractivity contribution in [2.45, 2.75) is 84.3 Å². The number of hydrogen-bond donors (Lipinski definition) is 4. The Balaban J connectivity index is 1.42. The molecule has 4 rings (SSSR count). The topological polar surface area (TPSA) is 194 Å². The number of nitrogens with zero attached hydrogens (tertiary/aromatic N) is 4. The summed E-state index contributed by atoms with van der Waals surface area (Å²) >= 11 is 0. The van der Waals surface area contributed by atoms with Crippen LogP contribution in [0, 0.1) is 12.8 Å². The number of carbonyl (C=O) groups excluding carboxylic acids is 4. The summed E-state index contributed by atoms with van der Waals surface area (Å²) in [4.78, 5) is 64.4. The summed E-state index contributed by atoms with van der Waals surface area (Å²) in [6, 6.07) is 1.36. The van der Waals surface area contributed by atoms with E-state index in [2.05, 4.69) is 41.4 Å². The third kappa shape index (κ3) is 8.46. The first kappa shape index (κ1) is 31.3. The zero-order chi connectivity index (χ0) is 30.9. The third-order valence-corrected chi connectivity index (χ3v) is 7.05. The van der Waals surface area contributed by atoms with Gasteiger partial charge in [-0.15, -0.1) is 0 Å². The van der Waals surface area contributed by atoms with Gasteiger partial charge in [-0.1, -0.05) is 19.0 Å². The maximum atomic E-state index is 13.5. The maximum Gasteiger partial charge on any atom is 0.274 e. The Morgan fingerprint density at radius 2 is 1.95 bits per heavy atom. The number of pyridine rings is 1. The predicted molar refractivity (Wildman–Crippen MR) is 153 cm³/mol. The van der Waals surface area contributed by atoms with Crippen molar-refractivity contribution < 1.29 is 28.1 Å². The Bertz CT molecular complexity index is 1420. The van der Waals surface area contributed by atoms with Crippen LogP contribution in [0.5, 0.6) is 0 Å². The number of nitrogens with one attached hydrogen (secondary N) is 4. The summed E-state index contributed by atoms with van der Waals surface area (Å²) in [6.45, 7) is 7.32. The van der Waals surface area contributed by atoms with E-state index in [1.54, 1.807) is 32.3 Å². The fourth-order valence-corrected chi connectivity index (χ4v) is 4.60. The average Bonchev–Trinajstić information content (AvgIpc) is 3.61. The van der Waals surface area contributed by atoms with Gasteiger partial charge in [0.25, 0.3) is 5.91 Å². The number of amides is 4. The highest BCUT2D eigenvalue weighted by Gasteiger charge is 2.31. The lowest BCUT2D eigenvalue weighted by Crippen LogP contribution is -2.48. The zero-order valence-corrected chi connectivity index (χ0v) is 24.8. The SMILES string of the molecule is Cc1oc2nc1C(=O)N[C@H](C)C(=O)NCCCC[C@H](NC(=O)CCCc1nc(-c3cccnc3)no1)C(=O)N[C@H]2C(C)C. The highest BCUT2D eigenvalue weighted by Crippen LogP contribution is 2.24. The molecule has 3 aromatic rings. The maximum absolute atomic E-state index is 13.5. The van der Waals surface area contributed by atoms with Crippen LogP contribution in [0.2, 0.25) is 0 Å². The molecule has 0 aliphatic carbocycles. The van der Waals surface area contributed by atoms with E-state index in [9.17, 15) is 19.2 Å². The molecule has 1 aliphatic rings. The number of rotatable bonds is 7. The van der Waals surface area contributed by atoms with Crippen molar-refractivity contribution in [3.63, 3.8) is 0 Å². The van der Waals surface area contributed by atoms with Crippen LogP contribution in [0.1, 0.15) is 86.9 Å². The van der Waals surface area contributed by atoms with E-state index in [1.165, 1.54) is 0 Å². The van der Waals surface area contributed by atoms with Crippen molar-refractivity contribution in [3.8, 4) is 11.4 Å². The van der Waals surface area contributed by atoms with Gasteiger partial charge < -0.3 is 30.2 Å². The second kappa shape index (κ2) is 14.5. The van der Waals surface area contributed by atoms with Crippen LogP contribution in [0.3, 0.4) is 0 Å². The molecular weight excluding hydrogens is 556 g/mol. The van der Waals surface area contributed by atoms with Crippen molar-refractivity contribution >= 4 is 23.6 Å². The summed E-state index contributed by atoms with van der Waals surface area (Å²) < 4.78 is 11.1. The average molecular weight is 595 g/mol. The molecule has 3 aromatic heterocycles. The van der Waals surface area contributed by atoms with Gasteiger partial charge in [0.1, 0.15) is 23.9 Å². The fraction of sp³-hybridized carbons (Fsp3) is 0.517. The van der Waals surface area contributed by atoms with Gasteiger partial charge in [-0.25, -0.2) is 4.98 Å². The van der Waals surface area contributed by atoms with Gasteiger partial charge in [0, 0.05) is 37.3 Å². The molecule has 3 atom stereocenters. The lowest BCUT2D eigenvalue weighted by Gasteiger charge is -2.24. The molecule has 0 saturated carbocycles. The van der Waals surface area contributed by atoms with Gasteiger partial charge in [0.05, 0.1) is 0 Å². The monoisotopic (exact) mass is 594 g/mol. The van der Waals surface area contributed by atoms with E-state index in [1.807, 2.05) is 19.9 Å². The van der Waals surface area contributed by atoms with Gasteiger partial charge in [-0.3, -0.25) is 24.2 Å². The second-order valence-electron chi connectivity index (χ2n) is 10.9. The Kier molecular flexibility index (Phi) is 10.6. The number of oxazole rings is 1. The van der Waals surface area contributed by atoms with Crippen LogP contribution < -0.4 is 21.3 Å². The van der Waals surface area contributed by atoms with Crippen LogP contribution in [-0.4, -0.2) is 62.4 Å². The Hall–Kier alpha value is -4.62. The molecule has 14 nitrogen and oxygen atoms in total. The highest BCUT2D eigenvalue weighted by atomic mass is 16.5. The zero-order valence-electron chi connectivity index (χ0n) is 24.8. The number of carbonyl (C=O) groups is 4. The van der Waals surface area contributed by atoms with Crippen molar-refractivity contribution in [1.82, 2.24) is 41.4 Å². The molecular formula is C29H38N8O6. The van der Waals surface area contributed by atoms with Crippen LogP contribution in [0.4, 0.5) is 0 Å². The second-order valence-corrected chi connectivity index (χ2v) is 10.9. The molecule has 0 spiro atoms. The van der Waals surface area contributed by atoms with E-state index in [4.69, 9.17) is 8.94 Å².